The van der Waals surface area contributed by atoms with Crippen molar-refractivity contribution in [1.82, 2.24) is 15.1 Å². The van der Waals surface area contributed by atoms with Gasteiger partial charge < -0.3 is 14.0 Å². The van der Waals surface area contributed by atoms with E-state index in [1.54, 1.807) is 37.6 Å². The number of benzene rings is 2. The molecule has 0 fully saturated rings. The zero-order valence-corrected chi connectivity index (χ0v) is 18.2. The highest BCUT2D eigenvalue weighted by atomic mass is 16.5. The monoisotopic (exact) mass is 430 g/mol. The van der Waals surface area contributed by atoms with Gasteiger partial charge in [-0.1, -0.05) is 28.9 Å². The lowest BCUT2D eigenvalue weighted by Crippen LogP contribution is -2.23. The van der Waals surface area contributed by atoms with Gasteiger partial charge in [0.2, 0.25) is 11.8 Å². The summed E-state index contributed by atoms with van der Waals surface area (Å²) in [6.07, 6.45) is 3.07. The first-order valence-electron chi connectivity index (χ1n) is 9.89. The molecule has 0 unspecified atom stereocenters. The minimum absolute atomic E-state index is 0.222. The Kier molecular flexibility index (Phi) is 5.85. The molecule has 0 spiro atoms. The highest BCUT2D eigenvalue weighted by Crippen LogP contribution is 2.44. The number of hydrogen-bond donors (Lipinski definition) is 0. The van der Waals surface area contributed by atoms with Crippen LogP contribution in [0.2, 0.25) is 0 Å². The van der Waals surface area contributed by atoms with E-state index in [-0.39, 0.29) is 11.8 Å². The van der Waals surface area contributed by atoms with Gasteiger partial charge in [0.15, 0.2) is 0 Å². The van der Waals surface area contributed by atoms with Crippen LogP contribution < -0.4 is 14.4 Å². The van der Waals surface area contributed by atoms with Crippen LogP contribution in [-0.4, -0.2) is 35.3 Å². The maximum Gasteiger partial charge on any atom is 0.248 e. The number of anilines is 2. The number of amides is 1. The molecule has 4 rings (SSSR count). The second kappa shape index (κ2) is 8.89. The second-order valence-corrected chi connectivity index (χ2v) is 7.07. The number of methoxy groups -OCH3 is 2. The lowest BCUT2D eigenvalue weighted by atomic mass is 10.0. The number of hydrogen-bond acceptors (Lipinski definition) is 7. The Morgan fingerprint density at radius 2 is 1.91 bits per heavy atom. The minimum Gasteiger partial charge on any atom is -0.497 e. The number of rotatable bonds is 6. The normalized spacial score (nSPS) is 10.6. The van der Waals surface area contributed by atoms with Crippen LogP contribution in [0.3, 0.4) is 0 Å². The predicted octanol–water partition coefficient (Wildman–Crippen LogP) is 4.81. The van der Waals surface area contributed by atoms with E-state index in [0.717, 1.165) is 11.1 Å². The Balaban J connectivity index is 1.99. The van der Waals surface area contributed by atoms with Crippen LogP contribution in [0.1, 0.15) is 12.5 Å². The summed E-state index contributed by atoms with van der Waals surface area (Å²) in [5.74, 6) is 0.968. The van der Waals surface area contributed by atoms with E-state index in [1.165, 1.54) is 25.3 Å². The molecule has 0 bridgehead atoms. The van der Waals surface area contributed by atoms with Gasteiger partial charge in [-0.25, -0.2) is 14.9 Å². The number of aryl methyl sites for hydroxylation is 1. The molecule has 4 aromatic rings. The minimum atomic E-state index is -0.293. The fraction of sp³-hybridized carbons (Fsp3) is 0.167. The molecular weight excluding hydrogens is 408 g/mol. The summed E-state index contributed by atoms with van der Waals surface area (Å²) in [5, 5.41) is 4.33. The first-order chi connectivity index (χ1) is 15.5. The molecule has 0 aliphatic rings. The molecule has 162 valence electrons. The maximum absolute atomic E-state index is 12.9. The van der Waals surface area contributed by atoms with Crippen molar-refractivity contribution in [2.75, 3.05) is 19.1 Å². The van der Waals surface area contributed by atoms with Crippen LogP contribution in [0, 0.1) is 6.92 Å². The molecule has 8 heteroatoms. The quantitative estimate of drug-likeness (QED) is 0.434. The molecule has 2 heterocycles. The van der Waals surface area contributed by atoms with E-state index in [0.29, 0.717) is 34.1 Å². The summed E-state index contributed by atoms with van der Waals surface area (Å²) < 4.78 is 16.7. The van der Waals surface area contributed by atoms with Gasteiger partial charge >= 0.3 is 0 Å². The standard InChI is InChI=1S/C24H22N4O4/c1-15-6-5-7-17(12-15)23-22(19-10-11-25-14-26-19)24(32-27-23)28(16(2)29)20-13-18(30-3)8-9-21(20)31-4/h5-14H,1-4H3. The van der Waals surface area contributed by atoms with Crippen molar-refractivity contribution in [2.24, 2.45) is 0 Å². The SMILES string of the molecule is COc1ccc(OC)c(N(C(C)=O)c2onc(-c3cccc(C)c3)c2-c2ccncn2)c1. The van der Waals surface area contributed by atoms with Crippen molar-refractivity contribution >= 4 is 17.5 Å². The number of ether oxygens (including phenoxy) is 2. The molecule has 32 heavy (non-hydrogen) atoms. The molecular formula is C24H22N4O4. The van der Waals surface area contributed by atoms with Crippen LogP contribution in [-0.2, 0) is 4.79 Å². The number of carbonyl (C=O) groups is 1. The molecule has 2 aromatic carbocycles. The van der Waals surface area contributed by atoms with Crippen molar-refractivity contribution in [2.45, 2.75) is 13.8 Å². The predicted molar refractivity (Wildman–Crippen MR) is 120 cm³/mol. The van der Waals surface area contributed by atoms with Gasteiger partial charge in [0, 0.05) is 24.8 Å². The molecule has 1 amide bonds. The van der Waals surface area contributed by atoms with E-state index in [9.17, 15) is 4.79 Å². The average molecular weight is 430 g/mol. The smallest absolute Gasteiger partial charge is 0.248 e. The topological polar surface area (TPSA) is 90.6 Å². The average Bonchev–Trinajstić information content (AvgIpc) is 3.24. The Morgan fingerprint density at radius 1 is 1.06 bits per heavy atom. The number of carbonyl (C=O) groups excluding carboxylic acids is 1. The molecule has 0 saturated heterocycles. The summed E-state index contributed by atoms with van der Waals surface area (Å²) in [6.45, 7) is 3.44. The molecule has 0 aliphatic heterocycles. The van der Waals surface area contributed by atoms with Crippen LogP contribution in [0.15, 0.2) is 65.6 Å². The van der Waals surface area contributed by atoms with Crippen molar-refractivity contribution < 1.29 is 18.8 Å². The summed E-state index contributed by atoms with van der Waals surface area (Å²) in [6, 6.07) is 14.8. The Bertz CT molecular complexity index is 1250. The molecule has 2 aromatic heterocycles. The van der Waals surface area contributed by atoms with Gasteiger partial charge in [0.05, 0.1) is 31.2 Å². The van der Waals surface area contributed by atoms with Crippen molar-refractivity contribution in [3.63, 3.8) is 0 Å². The van der Waals surface area contributed by atoms with Crippen LogP contribution >= 0.6 is 0 Å². The van der Waals surface area contributed by atoms with Gasteiger partial charge in [-0.3, -0.25) is 4.79 Å². The molecule has 0 radical (unpaired) electrons. The fourth-order valence-electron chi connectivity index (χ4n) is 3.49. The van der Waals surface area contributed by atoms with Gasteiger partial charge in [0.1, 0.15) is 23.5 Å². The molecule has 0 aliphatic carbocycles. The van der Waals surface area contributed by atoms with Crippen LogP contribution in [0.4, 0.5) is 11.6 Å². The lowest BCUT2D eigenvalue weighted by Gasteiger charge is -2.22. The molecule has 0 saturated carbocycles. The summed E-state index contributed by atoms with van der Waals surface area (Å²) in [4.78, 5) is 22.7. The first-order valence-corrected chi connectivity index (χ1v) is 9.89. The third-order valence-corrected chi connectivity index (χ3v) is 4.95. The second-order valence-electron chi connectivity index (χ2n) is 7.07. The summed E-state index contributed by atoms with van der Waals surface area (Å²) in [5.41, 5.74) is 4.07. The molecule has 0 atom stereocenters. The molecule has 0 N–H and O–H groups in total. The van der Waals surface area contributed by atoms with E-state index in [4.69, 9.17) is 14.0 Å². The maximum atomic E-state index is 12.9. The van der Waals surface area contributed by atoms with Crippen LogP contribution in [0.5, 0.6) is 11.5 Å². The third-order valence-electron chi connectivity index (χ3n) is 4.95. The Labute approximate surface area is 185 Å². The van der Waals surface area contributed by atoms with Crippen LogP contribution in [0.25, 0.3) is 22.5 Å². The van der Waals surface area contributed by atoms with Crippen molar-refractivity contribution in [3.05, 3.63) is 66.6 Å². The highest BCUT2D eigenvalue weighted by molar-refractivity contribution is 6.04. The third kappa shape index (κ3) is 3.90. The number of aromatic nitrogens is 3. The zero-order valence-electron chi connectivity index (χ0n) is 18.2. The highest BCUT2D eigenvalue weighted by Gasteiger charge is 2.30. The molecule has 8 nitrogen and oxygen atoms in total. The van der Waals surface area contributed by atoms with Gasteiger partial charge in [-0.05, 0) is 31.2 Å². The fourth-order valence-corrected chi connectivity index (χ4v) is 3.49. The Morgan fingerprint density at radius 3 is 2.56 bits per heavy atom. The van der Waals surface area contributed by atoms with Gasteiger partial charge in [0.25, 0.3) is 0 Å². The van der Waals surface area contributed by atoms with Crippen molar-refractivity contribution in [1.29, 1.82) is 0 Å². The Hall–Kier alpha value is -4.20. The van der Waals surface area contributed by atoms with E-state index in [1.807, 2.05) is 31.2 Å². The largest absolute Gasteiger partial charge is 0.497 e. The summed E-state index contributed by atoms with van der Waals surface area (Å²) in [7, 11) is 3.09. The number of nitrogens with zero attached hydrogens (tertiary/aromatic N) is 4. The lowest BCUT2D eigenvalue weighted by molar-refractivity contribution is -0.116. The zero-order chi connectivity index (χ0) is 22.7. The van der Waals surface area contributed by atoms with Gasteiger partial charge in [-0.2, -0.15) is 0 Å². The van der Waals surface area contributed by atoms with E-state index < -0.39 is 0 Å². The van der Waals surface area contributed by atoms with E-state index in [2.05, 4.69) is 15.1 Å². The van der Waals surface area contributed by atoms with Gasteiger partial charge in [-0.15, -0.1) is 0 Å². The summed E-state index contributed by atoms with van der Waals surface area (Å²) >= 11 is 0. The van der Waals surface area contributed by atoms with Crippen molar-refractivity contribution in [3.8, 4) is 34.0 Å². The first kappa shape index (κ1) is 21.0. The van der Waals surface area contributed by atoms with E-state index >= 15 is 0 Å².